The van der Waals surface area contributed by atoms with Crippen LogP contribution >= 0.6 is 38.9 Å². The fraction of sp³-hybridized carbons (Fsp3) is 0.583. The van der Waals surface area contributed by atoms with Gasteiger partial charge < -0.3 is 4.90 Å². The molecule has 1 aliphatic carbocycles. The summed E-state index contributed by atoms with van der Waals surface area (Å²) < 4.78 is 0.667. The van der Waals surface area contributed by atoms with E-state index in [1.165, 1.54) is 24.2 Å². The van der Waals surface area contributed by atoms with Crippen LogP contribution in [0, 0.1) is 0 Å². The van der Waals surface area contributed by atoms with Crippen LogP contribution < -0.4 is 0 Å². The van der Waals surface area contributed by atoms with Gasteiger partial charge in [0.25, 0.3) is 5.91 Å². The third kappa shape index (κ3) is 3.04. The first-order valence-corrected chi connectivity index (χ1v) is 7.87. The van der Waals surface area contributed by atoms with Gasteiger partial charge in [0.2, 0.25) is 0 Å². The minimum absolute atomic E-state index is 0.0817. The van der Waals surface area contributed by atoms with Crippen molar-refractivity contribution in [2.45, 2.75) is 36.6 Å². The first kappa shape index (κ1) is 13.4. The van der Waals surface area contributed by atoms with Crippen LogP contribution in [0.4, 0.5) is 0 Å². The van der Waals surface area contributed by atoms with Gasteiger partial charge in [0.15, 0.2) is 0 Å². The summed E-state index contributed by atoms with van der Waals surface area (Å²) in [7, 11) is 1.89. The monoisotopic (exact) mass is 335 g/mol. The predicted molar refractivity (Wildman–Crippen MR) is 76.4 cm³/mol. The second kappa shape index (κ2) is 5.72. The molecule has 1 aromatic heterocycles. The number of hydrogen-bond acceptors (Lipinski definition) is 2. The molecule has 1 aromatic rings. The second-order valence-corrected chi connectivity index (χ2v) is 7.28. The number of hydrogen-bond donors (Lipinski definition) is 0. The lowest BCUT2D eigenvalue weighted by atomic mass is 9.94. The van der Waals surface area contributed by atoms with E-state index < -0.39 is 0 Å². The highest BCUT2D eigenvalue weighted by Crippen LogP contribution is 2.30. The first-order chi connectivity index (χ1) is 8.09. The van der Waals surface area contributed by atoms with Crippen molar-refractivity contribution in [2.75, 3.05) is 7.05 Å². The highest BCUT2D eigenvalue weighted by molar-refractivity contribution is 9.09. The van der Waals surface area contributed by atoms with Crippen LogP contribution in [-0.4, -0.2) is 28.7 Å². The van der Waals surface area contributed by atoms with Crippen LogP contribution in [0.1, 0.15) is 35.4 Å². The number of nitrogens with zero attached hydrogens (tertiary/aromatic N) is 1. The fourth-order valence-electron chi connectivity index (χ4n) is 2.26. The van der Waals surface area contributed by atoms with Crippen molar-refractivity contribution in [1.29, 1.82) is 0 Å². The number of halogens is 2. The highest BCUT2D eigenvalue weighted by atomic mass is 79.9. The van der Waals surface area contributed by atoms with Gasteiger partial charge in [0, 0.05) is 17.9 Å². The third-order valence-corrected chi connectivity index (χ3v) is 5.54. The van der Waals surface area contributed by atoms with E-state index in [0.29, 0.717) is 15.2 Å². The number of rotatable bonds is 2. The normalized spacial score (nSPS) is 24.6. The molecule has 0 N–H and O–H groups in total. The Kier molecular flexibility index (Phi) is 4.50. The molecular weight excluding hydrogens is 322 g/mol. The minimum atomic E-state index is 0.0817. The van der Waals surface area contributed by atoms with Gasteiger partial charge in [-0.3, -0.25) is 4.79 Å². The average Bonchev–Trinajstić information content (AvgIpc) is 2.75. The molecule has 1 heterocycles. The summed E-state index contributed by atoms with van der Waals surface area (Å²) in [6.07, 6.45) is 4.68. The average molecular weight is 337 g/mol. The zero-order chi connectivity index (χ0) is 12.4. The van der Waals surface area contributed by atoms with Crippen molar-refractivity contribution >= 4 is 44.8 Å². The Bertz CT molecular complexity index is 409. The van der Waals surface area contributed by atoms with Crippen LogP contribution in [0.2, 0.25) is 4.34 Å². The molecular formula is C12H15BrClNOS. The summed E-state index contributed by atoms with van der Waals surface area (Å²) in [5, 5.41) is 0. The van der Waals surface area contributed by atoms with E-state index in [2.05, 4.69) is 15.9 Å². The van der Waals surface area contributed by atoms with Gasteiger partial charge in [0.05, 0.1) is 9.21 Å². The lowest BCUT2D eigenvalue weighted by Crippen LogP contribution is -2.43. The maximum absolute atomic E-state index is 12.3. The summed E-state index contributed by atoms with van der Waals surface area (Å²) in [5.74, 6) is 0.0817. The standard InChI is InChI=1S/C12H15BrClNOS/c1-15(9-5-3-2-4-8(9)13)12(16)10-6-7-11(14)17-10/h6-9H,2-5H2,1H3. The van der Waals surface area contributed by atoms with E-state index in [4.69, 9.17) is 11.6 Å². The Balaban J connectivity index is 2.08. The molecule has 0 radical (unpaired) electrons. The van der Waals surface area contributed by atoms with E-state index in [1.807, 2.05) is 11.9 Å². The minimum Gasteiger partial charge on any atom is -0.337 e. The van der Waals surface area contributed by atoms with Crippen LogP contribution in [0.15, 0.2) is 12.1 Å². The Hall–Kier alpha value is -0.0600. The SMILES string of the molecule is CN(C(=O)c1ccc(Cl)s1)C1CCCCC1Br. The summed E-state index contributed by atoms with van der Waals surface area (Å²) in [6, 6.07) is 3.88. The molecule has 1 saturated carbocycles. The van der Waals surface area contributed by atoms with Crippen LogP contribution in [0.3, 0.4) is 0 Å². The van der Waals surface area contributed by atoms with Crippen molar-refractivity contribution in [3.8, 4) is 0 Å². The molecule has 94 valence electrons. The Morgan fingerprint density at radius 3 is 2.76 bits per heavy atom. The van der Waals surface area contributed by atoms with Crippen LogP contribution in [0.25, 0.3) is 0 Å². The molecule has 0 saturated heterocycles. The molecule has 0 spiro atoms. The number of amides is 1. The van der Waals surface area contributed by atoms with Crippen LogP contribution in [-0.2, 0) is 0 Å². The first-order valence-electron chi connectivity index (χ1n) is 5.76. The third-order valence-electron chi connectivity index (χ3n) is 3.25. The Labute approximate surface area is 119 Å². The smallest absolute Gasteiger partial charge is 0.264 e. The predicted octanol–water partition coefficient (Wildman–Crippen LogP) is 4.18. The zero-order valence-corrected chi connectivity index (χ0v) is 12.8. The molecule has 2 nitrogen and oxygen atoms in total. The van der Waals surface area contributed by atoms with Gasteiger partial charge in [0.1, 0.15) is 0 Å². The molecule has 1 amide bonds. The number of thiophene rings is 1. The summed E-state index contributed by atoms with van der Waals surface area (Å²) in [5.41, 5.74) is 0. The van der Waals surface area contributed by atoms with E-state index in [1.54, 1.807) is 12.1 Å². The van der Waals surface area contributed by atoms with Gasteiger partial charge >= 0.3 is 0 Å². The number of carbonyl (C=O) groups excluding carboxylic acids is 1. The summed E-state index contributed by atoms with van der Waals surface area (Å²) in [6.45, 7) is 0. The topological polar surface area (TPSA) is 20.3 Å². The van der Waals surface area contributed by atoms with Crippen LogP contribution in [0.5, 0.6) is 0 Å². The molecule has 1 fully saturated rings. The van der Waals surface area contributed by atoms with Crippen molar-refractivity contribution < 1.29 is 4.79 Å². The van der Waals surface area contributed by atoms with E-state index in [9.17, 15) is 4.79 Å². The van der Waals surface area contributed by atoms with E-state index >= 15 is 0 Å². The summed E-state index contributed by atoms with van der Waals surface area (Å²) in [4.78, 5) is 15.3. The Morgan fingerprint density at radius 1 is 1.47 bits per heavy atom. The molecule has 0 bridgehead atoms. The van der Waals surface area contributed by atoms with Gasteiger partial charge in [-0.2, -0.15) is 0 Å². The quantitative estimate of drug-likeness (QED) is 0.742. The lowest BCUT2D eigenvalue weighted by Gasteiger charge is -2.34. The molecule has 2 atom stereocenters. The fourth-order valence-corrected chi connectivity index (χ4v) is 4.22. The van der Waals surface area contributed by atoms with Crippen molar-refractivity contribution in [3.63, 3.8) is 0 Å². The maximum Gasteiger partial charge on any atom is 0.264 e. The largest absolute Gasteiger partial charge is 0.337 e. The molecule has 0 aliphatic heterocycles. The van der Waals surface area contributed by atoms with Gasteiger partial charge in [-0.25, -0.2) is 0 Å². The van der Waals surface area contributed by atoms with Crippen molar-refractivity contribution in [1.82, 2.24) is 4.90 Å². The maximum atomic E-state index is 12.3. The van der Waals surface area contributed by atoms with Crippen molar-refractivity contribution in [2.24, 2.45) is 0 Å². The van der Waals surface area contributed by atoms with Gasteiger partial charge in [-0.05, 0) is 25.0 Å². The zero-order valence-electron chi connectivity index (χ0n) is 9.66. The van der Waals surface area contributed by atoms with Gasteiger partial charge in [-0.1, -0.05) is 40.4 Å². The lowest BCUT2D eigenvalue weighted by molar-refractivity contribution is 0.0709. The van der Waals surface area contributed by atoms with E-state index in [-0.39, 0.29) is 5.91 Å². The van der Waals surface area contributed by atoms with E-state index in [0.717, 1.165) is 17.7 Å². The molecule has 17 heavy (non-hydrogen) atoms. The molecule has 2 rings (SSSR count). The highest BCUT2D eigenvalue weighted by Gasteiger charge is 2.29. The second-order valence-electron chi connectivity index (χ2n) is 4.39. The molecule has 1 aliphatic rings. The molecule has 5 heteroatoms. The molecule has 0 aromatic carbocycles. The van der Waals surface area contributed by atoms with Gasteiger partial charge in [-0.15, -0.1) is 11.3 Å². The number of carbonyl (C=O) groups is 1. The van der Waals surface area contributed by atoms with Crippen molar-refractivity contribution in [3.05, 3.63) is 21.3 Å². The molecule has 2 unspecified atom stereocenters. The summed E-state index contributed by atoms with van der Waals surface area (Å²) >= 11 is 10.9. The Morgan fingerprint density at radius 2 is 2.18 bits per heavy atom. The number of alkyl halides is 1.